The third-order valence-electron chi connectivity index (χ3n) is 13.7. The van der Waals surface area contributed by atoms with Crippen LogP contribution in [0.1, 0.15) is 278 Å². The fourth-order valence-electron chi connectivity index (χ4n) is 8.74. The third-order valence-corrected chi connectivity index (χ3v) is 14.6. The van der Waals surface area contributed by atoms with Gasteiger partial charge in [-0.1, -0.05) is 271 Å². The van der Waals surface area contributed by atoms with Crippen LogP contribution in [-0.4, -0.2) is 66.5 Å². The number of phosphoric acid groups is 1. The summed E-state index contributed by atoms with van der Waals surface area (Å²) in [6.07, 6.45) is 77.7. The minimum atomic E-state index is -4.78. The molecule has 0 aliphatic carbocycles. The van der Waals surface area contributed by atoms with Crippen molar-refractivity contribution < 1.29 is 52.2 Å². The van der Waals surface area contributed by atoms with Gasteiger partial charge in [-0.2, -0.15) is 0 Å². The number of aliphatic hydroxyl groups excluding tert-OH is 1. The van der Waals surface area contributed by atoms with Crippen LogP contribution in [0.25, 0.3) is 0 Å². The van der Waals surface area contributed by atoms with Gasteiger partial charge in [0.05, 0.1) is 19.8 Å². The average molecular weight is 1170 g/mol. The maximum absolute atomic E-state index is 13.0. The lowest BCUT2D eigenvalue weighted by Crippen LogP contribution is -2.30. The van der Waals surface area contributed by atoms with Crippen LogP contribution in [0, 0.1) is 0 Å². The van der Waals surface area contributed by atoms with Gasteiger partial charge in [0.2, 0.25) is 0 Å². The first-order chi connectivity index (χ1) is 40.2. The van der Waals surface area contributed by atoms with Crippen LogP contribution in [0.15, 0.2) is 109 Å². The first-order valence-electron chi connectivity index (χ1n) is 32.8. The van der Waals surface area contributed by atoms with Gasteiger partial charge < -0.3 is 24.2 Å². The highest BCUT2D eigenvalue weighted by molar-refractivity contribution is 7.47. The molecule has 0 aromatic rings. The van der Waals surface area contributed by atoms with Gasteiger partial charge in [-0.3, -0.25) is 23.4 Å². The molecular formula is C70H119O11P. The lowest BCUT2D eigenvalue weighted by Gasteiger charge is -2.21. The van der Waals surface area contributed by atoms with Gasteiger partial charge in [0.25, 0.3) is 0 Å². The second-order valence-corrected chi connectivity index (χ2v) is 23.0. The van der Waals surface area contributed by atoms with Crippen molar-refractivity contribution in [2.75, 3.05) is 26.4 Å². The molecule has 0 aliphatic heterocycles. The van der Waals surface area contributed by atoms with Crippen molar-refractivity contribution in [3.63, 3.8) is 0 Å². The molecule has 0 aliphatic rings. The number of ether oxygens (including phenoxy) is 3. The van der Waals surface area contributed by atoms with E-state index in [0.29, 0.717) is 25.7 Å². The smallest absolute Gasteiger partial charge is 0.462 e. The summed E-state index contributed by atoms with van der Waals surface area (Å²) >= 11 is 0. The minimum absolute atomic E-state index is 0.0387. The molecule has 0 amide bonds. The molecule has 3 unspecified atom stereocenters. The molecule has 0 fully saturated rings. The van der Waals surface area contributed by atoms with E-state index in [4.69, 9.17) is 23.3 Å². The summed E-state index contributed by atoms with van der Waals surface area (Å²) in [6, 6.07) is 0. The van der Waals surface area contributed by atoms with E-state index in [2.05, 4.69) is 118 Å². The summed E-state index contributed by atoms with van der Waals surface area (Å²) in [7, 11) is -4.78. The molecule has 0 aromatic heterocycles. The van der Waals surface area contributed by atoms with Crippen molar-refractivity contribution in [2.24, 2.45) is 0 Å². The molecule has 0 saturated carbocycles. The lowest BCUT2D eigenvalue weighted by molar-refractivity contribution is -0.161. The number of aliphatic hydroxyl groups is 1. The molecule has 11 nitrogen and oxygen atoms in total. The number of carbonyl (C=O) groups excluding carboxylic acids is 3. The van der Waals surface area contributed by atoms with Gasteiger partial charge in [0.15, 0.2) is 6.10 Å². The first kappa shape index (κ1) is 78.1. The van der Waals surface area contributed by atoms with Gasteiger partial charge >= 0.3 is 25.7 Å². The number of allylic oxidation sites excluding steroid dienone is 18. The predicted octanol–water partition coefficient (Wildman–Crippen LogP) is 20.1. The molecule has 0 aromatic carbocycles. The fraction of sp³-hybridized carbons (Fsp3) is 0.700. The topological polar surface area (TPSA) is 155 Å². The molecule has 12 heteroatoms. The molecule has 82 heavy (non-hydrogen) atoms. The number of unbranched alkanes of at least 4 members (excludes halogenated alkanes) is 25. The van der Waals surface area contributed by atoms with E-state index in [-0.39, 0.29) is 25.9 Å². The van der Waals surface area contributed by atoms with E-state index >= 15 is 0 Å². The van der Waals surface area contributed by atoms with Crippen LogP contribution in [0.5, 0.6) is 0 Å². The van der Waals surface area contributed by atoms with Crippen molar-refractivity contribution in [1.29, 1.82) is 0 Å². The molecule has 0 radical (unpaired) electrons. The van der Waals surface area contributed by atoms with Gasteiger partial charge in [-0.05, 0) is 96.3 Å². The summed E-state index contributed by atoms with van der Waals surface area (Å²) < 4.78 is 39.6. The molecule has 0 saturated heterocycles. The molecular weight excluding hydrogens is 1050 g/mol. The highest BCUT2D eigenvalue weighted by Crippen LogP contribution is 2.43. The molecule has 3 atom stereocenters. The Balaban J connectivity index is 4.79. The monoisotopic (exact) mass is 1170 g/mol. The first-order valence-corrected chi connectivity index (χ1v) is 34.3. The largest absolute Gasteiger partial charge is 0.472 e. The van der Waals surface area contributed by atoms with E-state index in [1.807, 2.05) is 12.2 Å². The predicted molar refractivity (Wildman–Crippen MR) is 343 cm³/mol. The molecule has 0 bridgehead atoms. The number of carbonyl (C=O) groups is 3. The lowest BCUT2D eigenvalue weighted by atomic mass is 10.0. The summed E-state index contributed by atoms with van der Waals surface area (Å²) in [5, 5.41) is 9.86. The van der Waals surface area contributed by atoms with Gasteiger partial charge in [-0.25, -0.2) is 4.57 Å². The Labute approximate surface area is 501 Å². The Hall–Kier alpha value is -3.86. The third kappa shape index (κ3) is 60.7. The summed E-state index contributed by atoms with van der Waals surface area (Å²) in [4.78, 5) is 48.8. The second kappa shape index (κ2) is 63.2. The number of rotatable bonds is 60. The number of hydrogen-bond donors (Lipinski definition) is 2. The SMILES string of the molecule is CC/C=C\C/C=C\C/C=C\C/C=C\C/C=C\C/C=C\CCC(=O)OC(COC(=O)CCCCCCCCCCCCCCCCCCC)COP(=O)(O)OCC(CO)OC(=O)CCCCCCCC/C=C\C/C=C\C/C=C\CCCCC. The molecule has 0 spiro atoms. The van der Waals surface area contributed by atoms with E-state index in [1.54, 1.807) is 0 Å². The average Bonchev–Trinajstić information content (AvgIpc) is 3.50. The van der Waals surface area contributed by atoms with E-state index in [0.717, 1.165) is 103 Å². The van der Waals surface area contributed by atoms with Crippen molar-refractivity contribution in [3.05, 3.63) is 109 Å². The highest BCUT2D eigenvalue weighted by Gasteiger charge is 2.28. The van der Waals surface area contributed by atoms with Crippen LogP contribution in [-0.2, 0) is 42.2 Å². The Morgan fingerprint density at radius 3 is 1.07 bits per heavy atom. The second-order valence-electron chi connectivity index (χ2n) is 21.6. The van der Waals surface area contributed by atoms with Gasteiger partial charge in [-0.15, -0.1) is 0 Å². The Morgan fingerprint density at radius 2 is 0.659 bits per heavy atom. The van der Waals surface area contributed by atoms with E-state index < -0.39 is 57.8 Å². The zero-order chi connectivity index (χ0) is 59.8. The van der Waals surface area contributed by atoms with E-state index in [1.165, 1.54) is 109 Å². The van der Waals surface area contributed by atoms with Crippen LogP contribution in [0.3, 0.4) is 0 Å². The Kier molecular flexibility index (Phi) is 60.2. The summed E-state index contributed by atoms with van der Waals surface area (Å²) in [5.41, 5.74) is 0. The fourth-order valence-corrected chi connectivity index (χ4v) is 9.53. The normalized spacial score (nSPS) is 14.0. The zero-order valence-electron chi connectivity index (χ0n) is 52.2. The quantitative estimate of drug-likeness (QED) is 0.0197. The highest BCUT2D eigenvalue weighted by atomic mass is 31.2. The Bertz CT molecular complexity index is 1790. The maximum Gasteiger partial charge on any atom is 0.472 e. The number of phosphoric ester groups is 1. The summed E-state index contributed by atoms with van der Waals surface area (Å²) in [6.45, 7) is 4.44. The standard InChI is InChI=1S/C70H119O11P/c1-4-7-10-13-16-19-22-25-28-31-33-36-39-42-45-48-51-54-57-60-69(73)80-66(62-71)64-78-82(75,76)79-65-67(63-77-68(72)59-56-53-50-47-44-41-38-35-30-27-24-21-18-15-12-9-6-3)81-70(74)61-58-55-52-49-46-43-40-37-34-32-29-26-23-20-17-14-11-8-5-2/h8,11,16-17,19-20,25-26,28-29,33-34,36-37,43,46,52,55,66-67,71H,4-7,9-10,12-15,18,21-24,27,30-32,35,38-42,44-45,47-51,53-54,56-65H2,1-3H3,(H,75,76)/b11-8-,19-16-,20-17-,28-25-,29-26-,36-33-,37-34-,46-43-,55-52-. The van der Waals surface area contributed by atoms with Crippen LogP contribution in [0.2, 0.25) is 0 Å². The van der Waals surface area contributed by atoms with Gasteiger partial charge in [0.1, 0.15) is 12.7 Å². The van der Waals surface area contributed by atoms with Crippen molar-refractivity contribution in [3.8, 4) is 0 Å². The zero-order valence-corrected chi connectivity index (χ0v) is 53.1. The molecule has 0 rings (SSSR count). The number of hydrogen-bond acceptors (Lipinski definition) is 10. The molecule has 470 valence electrons. The number of esters is 3. The van der Waals surface area contributed by atoms with Crippen LogP contribution in [0.4, 0.5) is 0 Å². The van der Waals surface area contributed by atoms with Crippen LogP contribution >= 0.6 is 7.82 Å². The van der Waals surface area contributed by atoms with Crippen molar-refractivity contribution in [2.45, 2.75) is 290 Å². The van der Waals surface area contributed by atoms with Crippen molar-refractivity contribution >= 4 is 25.7 Å². The molecule has 0 heterocycles. The van der Waals surface area contributed by atoms with Crippen molar-refractivity contribution in [1.82, 2.24) is 0 Å². The Morgan fingerprint density at radius 1 is 0.354 bits per heavy atom. The minimum Gasteiger partial charge on any atom is -0.462 e. The van der Waals surface area contributed by atoms with Gasteiger partial charge in [0, 0.05) is 19.3 Å². The van der Waals surface area contributed by atoms with Crippen LogP contribution < -0.4 is 0 Å². The maximum atomic E-state index is 13.0. The molecule has 2 N–H and O–H groups in total. The summed E-state index contributed by atoms with van der Waals surface area (Å²) in [5.74, 6) is -1.57. The van der Waals surface area contributed by atoms with E-state index in [9.17, 15) is 28.9 Å².